The van der Waals surface area contributed by atoms with Crippen LogP contribution in [0.4, 0.5) is 0 Å². The predicted molar refractivity (Wildman–Crippen MR) is 114 cm³/mol. The Kier molecular flexibility index (Phi) is 6.57. The van der Waals surface area contributed by atoms with Crippen molar-refractivity contribution >= 4 is 11.8 Å². The lowest BCUT2D eigenvalue weighted by molar-refractivity contribution is -0.133. The van der Waals surface area contributed by atoms with Gasteiger partial charge < -0.3 is 14.5 Å². The van der Waals surface area contributed by atoms with Crippen LogP contribution in [0.3, 0.4) is 0 Å². The fraction of sp³-hybridized carbons (Fsp3) is 0.417. The molecule has 0 aliphatic carbocycles. The van der Waals surface area contributed by atoms with Gasteiger partial charge in [-0.05, 0) is 35.2 Å². The number of para-hydroxylation sites is 1. The lowest BCUT2D eigenvalue weighted by Gasteiger charge is -2.35. The van der Waals surface area contributed by atoms with E-state index in [1.165, 1.54) is 5.56 Å². The maximum atomic E-state index is 12.8. The summed E-state index contributed by atoms with van der Waals surface area (Å²) in [5.74, 6) is 0.876. The summed E-state index contributed by atoms with van der Waals surface area (Å²) in [5.41, 5.74) is 1.98. The van der Waals surface area contributed by atoms with E-state index in [9.17, 15) is 9.59 Å². The second kappa shape index (κ2) is 9.12. The summed E-state index contributed by atoms with van der Waals surface area (Å²) in [7, 11) is 0. The van der Waals surface area contributed by atoms with Gasteiger partial charge >= 0.3 is 0 Å². The van der Waals surface area contributed by atoms with Gasteiger partial charge in [-0.3, -0.25) is 9.59 Å². The van der Waals surface area contributed by atoms with Crippen LogP contribution >= 0.6 is 0 Å². The Bertz CT molecular complexity index is 817. The second-order valence-corrected chi connectivity index (χ2v) is 8.41. The number of benzene rings is 2. The molecule has 1 aliphatic heterocycles. The Morgan fingerprint density at radius 3 is 2.03 bits per heavy atom. The molecule has 0 saturated carbocycles. The molecule has 1 saturated heterocycles. The number of hydrogen-bond donors (Lipinski definition) is 0. The molecule has 2 amide bonds. The van der Waals surface area contributed by atoms with Gasteiger partial charge in [0.05, 0.1) is 13.0 Å². The van der Waals surface area contributed by atoms with Gasteiger partial charge in [0, 0.05) is 31.7 Å². The van der Waals surface area contributed by atoms with E-state index in [0.717, 1.165) is 5.75 Å². The zero-order valence-electron chi connectivity index (χ0n) is 17.6. The molecular formula is C24H30N2O3. The first-order valence-electron chi connectivity index (χ1n) is 10.2. The Morgan fingerprint density at radius 2 is 1.45 bits per heavy atom. The Balaban J connectivity index is 1.45. The highest BCUT2D eigenvalue weighted by Gasteiger charge is 2.25. The van der Waals surface area contributed by atoms with Crippen molar-refractivity contribution in [2.24, 2.45) is 0 Å². The minimum absolute atomic E-state index is 0.0324. The molecule has 1 fully saturated rings. The molecule has 0 aromatic heterocycles. The minimum Gasteiger partial charge on any atom is -0.493 e. The summed E-state index contributed by atoms with van der Waals surface area (Å²) in [6.45, 7) is 9.09. The van der Waals surface area contributed by atoms with Crippen molar-refractivity contribution < 1.29 is 14.3 Å². The Hall–Kier alpha value is -2.82. The molecule has 0 N–H and O–H groups in total. The third-order valence-corrected chi connectivity index (χ3v) is 5.25. The smallest absolute Gasteiger partial charge is 0.253 e. The van der Waals surface area contributed by atoms with Gasteiger partial charge in [-0.2, -0.15) is 0 Å². The van der Waals surface area contributed by atoms with E-state index in [-0.39, 0.29) is 17.2 Å². The van der Waals surface area contributed by atoms with Crippen molar-refractivity contribution in [3.8, 4) is 5.75 Å². The summed E-state index contributed by atoms with van der Waals surface area (Å²) >= 11 is 0. The van der Waals surface area contributed by atoms with Crippen molar-refractivity contribution in [2.75, 3.05) is 32.8 Å². The molecule has 2 aromatic rings. The van der Waals surface area contributed by atoms with Crippen LogP contribution in [0.1, 0.15) is 43.1 Å². The van der Waals surface area contributed by atoms with Crippen molar-refractivity contribution in [2.45, 2.75) is 32.6 Å². The zero-order chi connectivity index (χ0) is 20.9. The van der Waals surface area contributed by atoms with E-state index >= 15 is 0 Å². The lowest BCUT2D eigenvalue weighted by Crippen LogP contribution is -2.50. The van der Waals surface area contributed by atoms with E-state index in [1.807, 2.05) is 64.4 Å². The minimum atomic E-state index is 0.0324. The Labute approximate surface area is 173 Å². The quantitative estimate of drug-likeness (QED) is 0.776. The fourth-order valence-corrected chi connectivity index (χ4v) is 3.39. The van der Waals surface area contributed by atoms with Crippen LogP contribution in [0.5, 0.6) is 5.75 Å². The lowest BCUT2D eigenvalue weighted by atomic mass is 9.86. The fourth-order valence-electron chi connectivity index (χ4n) is 3.39. The van der Waals surface area contributed by atoms with E-state index in [0.29, 0.717) is 44.8 Å². The standard InChI is InChI=1S/C24H30N2O3/c1-24(2,3)20-11-9-19(10-12-20)23(28)26-16-14-25(15-17-26)22(27)13-18-29-21-7-5-4-6-8-21/h4-12H,13-18H2,1-3H3. The van der Waals surface area contributed by atoms with Crippen molar-refractivity contribution in [3.05, 3.63) is 65.7 Å². The molecule has 1 aliphatic rings. The molecule has 1 heterocycles. The van der Waals surface area contributed by atoms with Crippen LogP contribution in [-0.4, -0.2) is 54.4 Å². The predicted octanol–water partition coefficient (Wildman–Crippen LogP) is 3.74. The molecule has 154 valence electrons. The average Bonchev–Trinajstić information content (AvgIpc) is 2.73. The number of ether oxygens (including phenoxy) is 1. The van der Waals surface area contributed by atoms with Gasteiger partial charge in [0.15, 0.2) is 0 Å². The van der Waals surface area contributed by atoms with E-state index in [4.69, 9.17) is 4.74 Å². The third kappa shape index (κ3) is 5.59. The molecule has 3 rings (SSSR count). The van der Waals surface area contributed by atoms with E-state index < -0.39 is 0 Å². The van der Waals surface area contributed by atoms with Gasteiger partial charge in [0.1, 0.15) is 5.75 Å². The topological polar surface area (TPSA) is 49.9 Å². The largest absolute Gasteiger partial charge is 0.493 e. The first-order valence-corrected chi connectivity index (χ1v) is 10.2. The third-order valence-electron chi connectivity index (χ3n) is 5.25. The van der Waals surface area contributed by atoms with Gasteiger partial charge in [-0.1, -0.05) is 51.1 Å². The average molecular weight is 395 g/mol. The molecule has 0 spiro atoms. The van der Waals surface area contributed by atoms with Crippen molar-refractivity contribution in [1.29, 1.82) is 0 Å². The van der Waals surface area contributed by atoms with Crippen LogP contribution in [0.2, 0.25) is 0 Å². The molecule has 2 aromatic carbocycles. The van der Waals surface area contributed by atoms with Gasteiger partial charge in [0.25, 0.3) is 5.91 Å². The first kappa shape index (κ1) is 20.9. The van der Waals surface area contributed by atoms with Gasteiger partial charge in [0.2, 0.25) is 5.91 Å². The Morgan fingerprint density at radius 1 is 0.862 bits per heavy atom. The van der Waals surface area contributed by atoms with Crippen LogP contribution in [0, 0.1) is 0 Å². The summed E-state index contributed by atoms with van der Waals surface area (Å²) in [6, 6.07) is 17.4. The summed E-state index contributed by atoms with van der Waals surface area (Å²) < 4.78 is 5.61. The summed E-state index contributed by atoms with van der Waals surface area (Å²) in [4.78, 5) is 28.8. The SMILES string of the molecule is CC(C)(C)c1ccc(C(=O)N2CCN(C(=O)CCOc3ccccc3)CC2)cc1. The summed E-state index contributed by atoms with van der Waals surface area (Å²) in [6.07, 6.45) is 0.344. The number of carbonyl (C=O) groups is 2. The van der Waals surface area contributed by atoms with Crippen LogP contribution in [-0.2, 0) is 10.2 Å². The molecular weight excluding hydrogens is 364 g/mol. The molecule has 0 unspecified atom stereocenters. The number of carbonyl (C=O) groups excluding carboxylic acids is 2. The number of hydrogen-bond acceptors (Lipinski definition) is 3. The van der Waals surface area contributed by atoms with Gasteiger partial charge in [-0.15, -0.1) is 0 Å². The monoisotopic (exact) mass is 394 g/mol. The molecule has 29 heavy (non-hydrogen) atoms. The molecule has 0 radical (unpaired) electrons. The van der Waals surface area contributed by atoms with Gasteiger partial charge in [-0.25, -0.2) is 0 Å². The highest BCUT2D eigenvalue weighted by atomic mass is 16.5. The van der Waals surface area contributed by atoms with Crippen LogP contribution in [0.15, 0.2) is 54.6 Å². The zero-order valence-corrected chi connectivity index (χ0v) is 17.6. The van der Waals surface area contributed by atoms with Crippen molar-refractivity contribution in [1.82, 2.24) is 9.80 Å². The number of nitrogens with zero attached hydrogens (tertiary/aromatic N) is 2. The van der Waals surface area contributed by atoms with Crippen molar-refractivity contribution in [3.63, 3.8) is 0 Å². The molecule has 0 atom stereocenters. The number of rotatable bonds is 5. The van der Waals surface area contributed by atoms with E-state index in [1.54, 1.807) is 0 Å². The summed E-state index contributed by atoms with van der Waals surface area (Å²) in [5, 5.41) is 0. The number of amides is 2. The van der Waals surface area contributed by atoms with Crippen LogP contribution < -0.4 is 4.74 Å². The van der Waals surface area contributed by atoms with Crippen LogP contribution in [0.25, 0.3) is 0 Å². The van der Waals surface area contributed by atoms with E-state index in [2.05, 4.69) is 20.8 Å². The second-order valence-electron chi connectivity index (χ2n) is 8.41. The maximum Gasteiger partial charge on any atom is 0.253 e. The highest BCUT2D eigenvalue weighted by Crippen LogP contribution is 2.22. The molecule has 5 nitrogen and oxygen atoms in total. The molecule has 5 heteroatoms. The highest BCUT2D eigenvalue weighted by molar-refractivity contribution is 5.94. The normalized spacial score (nSPS) is 14.6. The molecule has 0 bridgehead atoms. The first-order chi connectivity index (χ1) is 13.8. The number of piperazine rings is 1. The maximum absolute atomic E-state index is 12.8.